The van der Waals surface area contributed by atoms with E-state index in [-0.39, 0.29) is 12.5 Å². The van der Waals surface area contributed by atoms with E-state index in [1.807, 2.05) is 19.1 Å². The number of anilines is 1. The van der Waals surface area contributed by atoms with E-state index >= 15 is 0 Å². The molecule has 0 bridgehead atoms. The van der Waals surface area contributed by atoms with Gasteiger partial charge in [0, 0.05) is 4.47 Å². The first kappa shape index (κ1) is 14.8. The number of hydrogen-bond donors (Lipinski definition) is 1. The van der Waals surface area contributed by atoms with Crippen molar-refractivity contribution in [3.05, 3.63) is 51.7 Å². The molecule has 0 saturated heterocycles. The van der Waals surface area contributed by atoms with Crippen LogP contribution in [0.5, 0.6) is 5.75 Å². The van der Waals surface area contributed by atoms with Crippen LogP contribution in [0.1, 0.15) is 5.56 Å². The van der Waals surface area contributed by atoms with Gasteiger partial charge in [0.15, 0.2) is 6.61 Å². The summed E-state index contributed by atoms with van der Waals surface area (Å²) in [5, 5.41) is 3.05. The smallest absolute Gasteiger partial charge is 0.262 e. The summed E-state index contributed by atoms with van der Waals surface area (Å²) in [6.07, 6.45) is 1.49. The summed E-state index contributed by atoms with van der Waals surface area (Å²) in [5.41, 5.74) is 1.62. The van der Waals surface area contributed by atoms with Crippen molar-refractivity contribution in [2.45, 2.75) is 6.92 Å². The Kier molecular flexibility index (Phi) is 4.98. The van der Waals surface area contributed by atoms with Gasteiger partial charge in [0.25, 0.3) is 5.91 Å². The van der Waals surface area contributed by atoms with Gasteiger partial charge in [-0.15, -0.1) is 0 Å². The summed E-state index contributed by atoms with van der Waals surface area (Å²) in [4.78, 5) is 15.6. The first-order valence-corrected chi connectivity index (χ1v) is 7.02. The number of rotatable bonds is 4. The van der Waals surface area contributed by atoms with Gasteiger partial charge in [-0.1, -0.05) is 27.5 Å². The summed E-state index contributed by atoms with van der Waals surface area (Å²) in [5.74, 6) is 0.393. The first-order chi connectivity index (χ1) is 9.54. The number of amides is 1. The lowest BCUT2D eigenvalue weighted by atomic mass is 10.2. The minimum Gasteiger partial charge on any atom is -0.484 e. The van der Waals surface area contributed by atoms with Crippen molar-refractivity contribution in [2.24, 2.45) is 0 Å². The van der Waals surface area contributed by atoms with Crippen LogP contribution in [0.15, 0.2) is 41.0 Å². The maximum atomic E-state index is 11.7. The fourth-order valence-corrected chi connectivity index (χ4v) is 1.86. The van der Waals surface area contributed by atoms with Gasteiger partial charge in [-0.2, -0.15) is 0 Å². The van der Waals surface area contributed by atoms with Crippen molar-refractivity contribution in [3.63, 3.8) is 0 Å². The summed E-state index contributed by atoms with van der Waals surface area (Å²) < 4.78 is 6.42. The van der Waals surface area contributed by atoms with Crippen molar-refractivity contribution < 1.29 is 9.53 Å². The van der Waals surface area contributed by atoms with Crippen molar-refractivity contribution >= 4 is 39.1 Å². The van der Waals surface area contributed by atoms with E-state index in [0.29, 0.717) is 16.6 Å². The monoisotopic (exact) mass is 354 g/mol. The molecular weight excluding hydrogens is 344 g/mol. The number of pyridine rings is 1. The number of hydrogen-bond acceptors (Lipinski definition) is 3. The Bertz CT molecular complexity index is 617. The van der Waals surface area contributed by atoms with E-state index in [2.05, 4.69) is 26.2 Å². The summed E-state index contributed by atoms with van der Waals surface area (Å²) in [6, 6.07) is 8.83. The topological polar surface area (TPSA) is 51.2 Å². The molecule has 2 rings (SSSR count). The van der Waals surface area contributed by atoms with Crippen LogP contribution in [-0.4, -0.2) is 17.5 Å². The molecule has 1 aromatic heterocycles. The molecule has 0 aliphatic rings. The number of ether oxygens (including phenoxy) is 1. The maximum Gasteiger partial charge on any atom is 0.262 e. The Morgan fingerprint density at radius 2 is 2.20 bits per heavy atom. The lowest BCUT2D eigenvalue weighted by molar-refractivity contribution is -0.118. The van der Waals surface area contributed by atoms with Gasteiger partial charge < -0.3 is 10.1 Å². The molecule has 4 nitrogen and oxygen atoms in total. The molecule has 0 saturated carbocycles. The van der Waals surface area contributed by atoms with Crippen molar-refractivity contribution in [1.29, 1.82) is 0 Å². The Morgan fingerprint density at radius 1 is 1.40 bits per heavy atom. The van der Waals surface area contributed by atoms with Gasteiger partial charge in [-0.25, -0.2) is 4.98 Å². The lowest BCUT2D eigenvalue weighted by Gasteiger charge is -2.08. The van der Waals surface area contributed by atoms with Crippen LogP contribution in [-0.2, 0) is 4.79 Å². The van der Waals surface area contributed by atoms with Crippen LogP contribution in [0.3, 0.4) is 0 Å². The molecule has 1 N–H and O–H groups in total. The third-order valence-corrected chi connectivity index (χ3v) is 3.62. The standard InChI is InChI=1S/C14H12BrClN2O2/c1-9-6-11(3-4-12(9)15)20-8-14(19)18-10-2-5-13(16)17-7-10/h2-7H,8H2,1H3,(H,18,19). The average Bonchev–Trinajstić information content (AvgIpc) is 2.43. The van der Waals surface area contributed by atoms with E-state index in [1.165, 1.54) is 6.20 Å². The van der Waals surface area contributed by atoms with Gasteiger partial charge in [0.1, 0.15) is 10.9 Å². The van der Waals surface area contributed by atoms with Crippen LogP contribution >= 0.6 is 27.5 Å². The molecule has 0 aliphatic carbocycles. The summed E-state index contributed by atoms with van der Waals surface area (Å²) in [6.45, 7) is 1.89. The molecule has 1 aromatic carbocycles. The molecule has 2 aromatic rings. The maximum absolute atomic E-state index is 11.7. The molecule has 1 amide bonds. The number of nitrogens with one attached hydrogen (secondary N) is 1. The molecule has 0 aliphatic heterocycles. The van der Waals surface area contributed by atoms with Gasteiger partial charge in [-0.05, 0) is 42.8 Å². The molecule has 20 heavy (non-hydrogen) atoms. The van der Waals surface area contributed by atoms with E-state index in [1.54, 1.807) is 18.2 Å². The van der Waals surface area contributed by atoms with Gasteiger partial charge in [0.05, 0.1) is 11.9 Å². The zero-order valence-electron chi connectivity index (χ0n) is 10.7. The summed E-state index contributed by atoms with van der Waals surface area (Å²) >= 11 is 9.07. The van der Waals surface area contributed by atoms with Crippen LogP contribution in [0.4, 0.5) is 5.69 Å². The van der Waals surface area contributed by atoms with Crippen molar-refractivity contribution in [2.75, 3.05) is 11.9 Å². The SMILES string of the molecule is Cc1cc(OCC(=O)Nc2ccc(Cl)nc2)ccc1Br. The number of nitrogens with zero attached hydrogens (tertiary/aromatic N) is 1. The number of aryl methyl sites for hydroxylation is 1. The highest BCUT2D eigenvalue weighted by Gasteiger charge is 2.05. The lowest BCUT2D eigenvalue weighted by Crippen LogP contribution is -2.20. The second-order valence-electron chi connectivity index (χ2n) is 4.12. The van der Waals surface area contributed by atoms with E-state index in [0.717, 1.165) is 10.0 Å². The normalized spacial score (nSPS) is 10.2. The predicted molar refractivity (Wildman–Crippen MR) is 82.3 cm³/mol. The molecule has 6 heteroatoms. The van der Waals surface area contributed by atoms with Crippen LogP contribution in [0.2, 0.25) is 5.15 Å². The fourth-order valence-electron chi connectivity index (χ4n) is 1.50. The van der Waals surface area contributed by atoms with Crippen LogP contribution in [0, 0.1) is 6.92 Å². The highest BCUT2D eigenvalue weighted by molar-refractivity contribution is 9.10. The highest BCUT2D eigenvalue weighted by Crippen LogP contribution is 2.21. The molecule has 0 unspecified atom stereocenters. The quantitative estimate of drug-likeness (QED) is 0.848. The molecule has 0 radical (unpaired) electrons. The van der Waals surface area contributed by atoms with Crippen molar-refractivity contribution in [1.82, 2.24) is 4.98 Å². The Balaban J connectivity index is 1.88. The minimum atomic E-state index is -0.255. The van der Waals surface area contributed by atoms with Crippen molar-refractivity contribution in [3.8, 4) is 5.75 Å². The molecule has 1 heterocycles. The first-order valence-electron chi connectivity index (χ1n) is 5.85. The fraction of sp³-hybridized carbons (Fsp3) is 0.143. The molecular formula is C14H12BrClN2O2. The van der Waals surface area contributed by atoms with Gasteiger partial charge in [0.2, 0.25) is 0 Å². The molecule has 0 spiro atoms. The molecule has 0 atom stereocenters. The van der Waals surface area contributed by atoms with Crippen LogP contribution < -0.4 is 10.1 Å². The number of aromatic nitrogens is 1. The van der Waals surface area contributed by atoms with E-state index in [4.69, 9.17) is 16.3 Å². The second-order valence-corrected chi connectivity index (χ2v) is 5.36. The third-order valence-electron chi connectivity index (χ3n) is 2.51. The number of carbonyl (C=O) groups is 1. The Labute approximate surface area is 130 Å². The molecule has 0 fully saturated rings. The summed E-state index contributed by atoms with van der Waals surface area (Å²) in [7, 11) is 0. The average molecular weight is 356 g/mol. The molecule has 104 valence electrons. The highest BCUT2D eigenvalue weighted by atomic mass is 79.9. The van der Waals surface area contributed by atoms with Gasteiger partial charge in [-0.3, -0.25) is 4.79 Å². The minimum absolute atomic E-state index is 0.0658. The van der Waals surface area contributed by atoms with Crippen LogP contribution in [0.25, 0.3) is 0 Å². The largest absolute Gasteiger partial charge is 0.484 e. The predicted octanol–water partition coefficient (Wildman–Crippen LogP) is 3.82. The number of benzene rings is 1. The zero-order valence-corrected chi connectivity index (χ0v) is 13.0. The second kappa shape index (κ2) is 6.72. The number of carbonyl (C=O) groups excluding carboxylic acids is 1. The van der Waals surface area contributed by atoms with E-state index < -0.39 is 0 Å². The Morgan fingerprint density at radius 3 is 2.85 bits per heavy atom. The van der Waals surface area contributed by atoms with E-state index in [9.17, 15) is 4.79 Å². The third kappa shape index (κ3) is 4.21. The number of halogens is 2. The zero-order chi connectivity index (χ0) is 14.5. The Hall–Kier alpha value is -1.59. The van der Waals surface area contributed by atoms with Gasteiger partial charge >= 0.3 is 0 Å².